The Morgan fingerprint density at radius 2 is 1.79 bits per heavy atom. The summed E-state index contributed by atoms with van der Waals surface area (Å²) in [5.41, 5.74) is 4.24. The molecule has 2 heterocycles. The van der Waals surface area contributed by atoms with Gasteiger partial charge in [-0.3, -0.25) is 14.5 Å². The molecule has 0 radical (unpaired) electrons. The van der Waals surface area contributed by atoms with Gasteiger partial charge in [0.15, 0.2) is 5.78 Å². The summed E-state index contributed by atoms with van der Waals surface area (Å²) in [6.07, 6.45) is 1.72. The Morgan fingerprint density at radius 3 is 2.54 bits per heavy atom. The molecule has 0 bridgehead atoms. The van der Waals surface area contributed by atoms with Crippen LogP contribution in [0.25, 0.3) is 22.2 Å². The van der Waals surface area contributed by atoms with Crippen LogP contribution in [0.1, 0.15) is 28.8 Å². The molecule has 1 aliphatic carbocycles. The number of hydrogen-bond acceptors (Lipinski definition) is 4. The number of hydrogen-bond donors (Lipinski definition) is 1. The van der Waals surface area contributed by atoms with Crippen LogP contribution in [0.3, 0.4) is 0 Å². The van der Waals surface area contributed by atoms with Gasteiger partial charge < -0.3 is 5.32 Å². The minimum Gasteiger partial charge on any atom is -0.359 e. The Morgan fingerprint density at radius 1 is 1.07 bits per heavy atom. The van der Waals surface area contributed by atoms with Gasteiger partial charge in [-0.15, -0.1) is 0 Å². The lowest BCUT2D eigenvalue weighted by atomic mass is 9.87. The maximum absolute atomic E-state index is 12.9. The molecule has 1 saturated heterocycles. The largest absolute Gasteiger partial charge is 0.359 e. The molecule has 142 valence electrons. The van der Waals surface area contributed by atoms with Crippen LogP contribution in [0.2, 0.25) is 0 Å². The summed E-state index contributed by atoms with van der Waals surface area (Å²) in [6, 6.07) is 13.6. The Bertz CT molecular complexity index is 1090. The first kappa shape index (κ1) is 17.1. The van der Waals surface area contributed by atoms with Gasteiger partial charge in [0.2, 0.25) is 5.91 Å². The maximum atomic E-state index is 12.9. The van der Waals surface area contributed by atoms with E-state index in [1.165, 1.54) is 0 Å². The third-order valence-electron chi connectivity index (χ3n) is 5.99. The summed E-state index contributed by atoms with van der Waals surface area (Å²) in [7, 11) is 1.70. The van der Waals surface area contributed by atoms with E-state index in [0.29, 0.717) is 6.67 Å². The van der Waals surface area contributed by atoms with Crippen LogP contribution < -0.4 is 5.32 Å². The van der Waals surface area contributed by atoms with Crippen molar-refractivity contribution in [3.8, 4) is 11.3 Å². The van der Waals surface area contributed by atoms with E-state index in [-0.39, 0.29) is 17.6 Å². The minimum atomic E-state index is 0.0691. The zero-order valence-corrected chi connectivity index (χ0v) is 15.8. The van der Waals surface area contributed by atoms with Crippen LogP contribution in [0, 0.1) is 5.92 Å². The number of aromatic nitrogens is 2. The summed E-state index contributed by atoms with van der Waals surface area (Å²) in [4.78, 5) is 27.1. The molecule has 1 fully saturated rings. The predicted octanol–water partition coefficient (Wildman–Crippen LogP) is 2.66. The number of carbonyl (C=O) groups excluding carboxylic acids is 2. The topological polar surface area (TPSA) is 67.2 Å². The third kappa shape index (κ3) is 2.56. The molecule has 1 N–H and O–H groups in total. The van der Waals surface area contributed by atoms with Crippen molar-refractivity contribution in [3.63, 3.8) is 0 Å². The molecule has 0 saturated carbocycles. The fraction of sp³-hybridized carbons (Fsp3) is 0.318. The summed E-state index contributed by atoms with van der Waals surface area (Å²) < 4.78 is 2.00. The fourth-order valence-corrected chi connectivity index (χ4v) is 4.48. The number of piperidine rings is 1. The third-order valence-corrected chi connectivity index (χ3v) is 5.99. The van der Waals surface area contributed by atoms with Crippen LogP contribution in [-0.2, 0) is 11.5 Å². The monoisotopic (exact) mass is 374 g/mol. The average molecular weight is 374 g/mol. The van der Waals surface area contributed by atoms with Gasteiger partial charge in [-0.2, -0.15) is 5.10 Å². The van der Waals surface area contributed by atoms with Crippen molar-refractivity contribution < 1.29 is 9.59 Å². The van der Waals surface area contributed by atoms with Gasteiger partial charge in [-0.25, -0.2) is 4.68 Å². The Labute approximate surface area is 163 Å². The molecule has 6 heteroatoms. The molecule has 6 nitrogen and oxygen atoms in total. The van der Waals surface area contributed by atoms with Gasteiger partial charge in [0.25, 0.3) is 0 Å². The molecule has 2 aliphatic rings. The number of amides is 1. The van der Waals surface area contributed by atoms with Crippen molar-refractivity contribution in [2.24, 2.45) is 5.92 Å². The number of ketones is 1. The lowest BCUT2D eigenvalue weighted by Crippen LogP contribution is -2.40. The molecule has 0 atom stereocenters. The van der Waals surface area contributed by atoms with Crippen LogP contribution >= 0.6 is 0 Å². The van der Waals surface area contributed by atoms with E-state index in [1.54, 1.807) is 7.05 Å². The van der Waals surface area contributed by atoms with Crippen molar-refractivity contribution in [1.82, 2.24) is 20.0 Å². The van der Waals surface area contributed by atoms with E-state index >= 15 is 0 Å². The number of rotatable bonds is 3. The van der Waals surface area contributed by atoms with Gasteiger partial charge in [-0.1, -0.05) is 36.4 Å². The highest BCUT2D eigenvalue weighted by molar-refractivity contribution is 6.25. The van der Waals surface area contributed by atoms with Crippen LogP contribution in [-0.4, -0.2) is 46.5 Å². The zero-order chi connectivity index (χ0) is 19.3. The first-order chi connectivity index (χ1) is 13.7. The molecule has 1 amide bonds. The van der Waals surface area contributed by atoms with E-state index in [2.05, 4.69) is 10.2 Å². The van der Waals surface area contributed by atoms with Crippen molar-refractivity contribution in [2.45, 2.75) is 19.5 Å². The van der Waals surface area contributed by atoms with Crippen LogP contribution in [0.4, 0.5) is 0 Å². The minimum absolute atomic E-state index is 0.0691. The normalized spacial score (nSPS) is 17.0. The number of nitrogens with zero attached hydrogens (tertiary/aromatic N) is 3. The molecule has 5 rings (SSSR count). The molecule has 0 spiro atoms. The molecular weight excluding hydrogens is 352 g/mol. The maximum Gasteiger partial charge on any atom is 0.222 e. The molecule has 28 heavy (non-hydrogen) atoms. The highest BCUT2D eigenvalue weighted by Gasteiger charge is 2.29. The number of carbonyl (C=O) groups is 2. The predicted molar refractivity (Wildman–Crippen MR) is 107 cm³/mol. The van der Waals surface area contributed by atoms with E-state index in [0.717, 1.165) is 59.2 Å². The molecule has 2 aromatic carbocycles. The molecule has 1 aromatic heterocycles. The van der Waals surface area contributed by atoms with Crippen molar-refractivity contribution in [1.29, 1.82) is 0 Å². The van der Waals surface area contributed by atoms with Gasteiger partial charge in [0, 0.05) is 48.1 Å². The van der Waals surface area contributed by atoms with E-state index < -0.39 is 0 Å². The second-order valence-electron chi connectivity index (χ2n) is 7.57. The fourth-order valence-electron chi connectivity index (χ4n) is 4.48. The Hall–Kier alpha value is -2.99. The summed E-state index contributed by atoms with van der Waals surface area (Å²) in [5.74, 6) is 0.307. The van der Waals surface area contributed by atoms with E-state index in [4.69, 9.17) is 5.10 Å². The average Bonchev–Trinajstić information content (AvgIpc) is 3.11. The molecule has 0 unspecified atom stereocenters. The van der Waals surface area contributed by atoms with Gasteiger partial charge in [0.1, 0.15) is 5.69 Å². The van der Waals surface area contributed by atoms with Crippen molar-refractivity contribution in [3.05, 3.63) is 53.6 Å². The lowest BCUT2D eigenvalue weighted by Gasteiger charge is -2.30. The van der Waals surface area contributed by atoms with Gasteiger partial charge in [-0.05, 0) is 18.9 Å². The number of nitrogens with one attached hydrogen (secondary N) is 1. The SMILES string of the molecule is CNC(=O)C1CCN(Cn2nc3c4c(cccc42)C(=O)c2ccccc2-3)CC1. The molecular formula is C22H22N4O2. The van der Waals surface area contributed by atoms with Gasteiger partial charge in [0.05, 0.1) is 12.2 Å². The zero-order valence-electron chi connectivity index (χ0n) is 15.8. The van der Waals surface area contributed by atoms with Crippen LogP contribution in [0.15, 0.2) is 42.5 Å². The second-order valence-corrected chi connectivity index (χ2v) is 7.57. The first-order valence-electron chi connectivity index (χ1n) is 9.75. The highest BCUT2D eigenvalue weighted by Crippen LogP contribution is 2.38. The smallest absolute Gasteiger partial charge is 0.222 e. The number of fused-ring (bicyclic) bond motifs is 2. The standard InChI is InChI=1S/C22H22N4O2/c1-23-22(28)14-9-11-25(12-10-14)13-26-18-8-4-7-17-19(18)20(24-26)15-5-2-3-6-16(15)21(17)27/h2-8,14H,9-13H2,1H3,(H,23,28). The van der Waals surface area contributed by atoms with Gasteiger partial charge >= 0.3 is 0 Å². The summed E-state index contributed by atoms with van der Waals surface area (Å²) in [6.45, 7) is 2.39. The van der Waals surface area contributed by atoms with Crippen molar-refractivity contribution >= 4 is 22.6 Å². The number of benzene rings is 2. The Balaban J connectivity index is 1.49. The lowest BCUT2D eigenvalue weighted by molar-refractivity contribution is -0.126. The van der Waals surface area contributed by atoms with E-state index in [9.17, 15) is 9.59 Å². The summed E-state index contributed by atoms with van der Waals surface area (Å²) in [5, 5.41) is 8.61. The van der Waals surface area contributed by atoms with E-state index in [1.807, 2.05) is 47.1 Å². The molecule has 3 aromatic rings. The first-order valence-corrected chi connectivity index (χ1v) is 9.75. The summed E-state index contributed by atoms with van der Waals surface area (Å²) >= 11 is 0. The van der Waals surface area contributed by atoms with Crippen molar-refractivity contribution in [2.75, 3.05) is 20.1 Å². The highest BCUT2D eigenvalue weighted by atomic mass is 16.1. The van der Waals surface area contributed by atoms with Crippen LogP contribution in [0.5, 0.6) is 0 Å². The quantitative estimate of drug-likeness (QED) is 0.599. The molecule has 1 aliphatic heterocycles. The number of likely N-dealkylation sites (tertiary alicyclic amines) is 1. The Kier molecular flexibility index (Phi) is 4.02. The second kappa shape index (κ2) is 6.56.